The summed E-state index contributed by atoms with van der Waals surface area (Å²) in [5, 5.41) is 12.6. The lowest BCUT2D eigenvalue weighted by molar-refractivity contribution is -0.167. The number of aromatic hydroxyl groups is 1. The first-order valence-electron chi connectivity index (χ1n) is 12.2. The smallest absolute Gasteiger partial charge is 0.471 e. The van der Waals surface area contributed by atoms with Gasteiger partial charge >= 0.3 is 12.1 Å². The van der Waals surface area contributed by atoms with Crippen molar-refractivity contribution >= 4 is 11.6 Å². The number of phenols is 1. The molecule has 0 radical (unpaired) electrons. The summed E-state index contributed by atoms with van der Waals surface area (Å²) in [4.78, 5) is 11.4. The molecule has 0 spiro atoms. The van der Waals surface area contributed by atoms with E-state index in [9.17, 15) is 23.1 Å². The minimum Gasteiger partial charge on any atom is -0.504 e. The number of rotatable bonds is 7. The van der Waals surface area contributed by atoms with E-state index in [-0.39, 0.29) is 11.4 Å². The van der Waals surface area contributed by atoms with Crippen molar-refractivity contribution in [2.75, 3.05) is 5.32 Å². The molecule has 0 bridgehead atoms. The van der Waals surface area contributed by atoms with E-state index >= 15 is 0 Å². The fourth-order valence-corrected chi connectivity index (χ4v) is 4.35. The highest BCUT2D eigenvalue weighted by atomic mass is 19.4. The van der Waals surface area contributed by atoms with Crippen LogP contribution in [0.2, 0.25) is 0 Å². The van der Waals surface area contributed by atoms with Gasteiger partial charge in [0.2, 0.25) is 0 Å². The lowest BCUT2D eigenvalue weighted by Gasteiger charge is -2.17. The average Bonchev–Trinajstić information content (AvgIpc) is 2.89. The van der Waals surface area contributed by atoms with Crippen molar-refractivity contribution in [1.29, 1.82) is 0 Å². The summed E-state index contributed by atoms with van der Waals surface area (Å²) in [6, 6.07) is 24.1. The summed E-state index contributed by atoms with van der Waals surface area (Å²) < 4.78 is 43.9. The van der Waals surface area contributed by atoms with Crippen molar-refractivity contribution in [3.05, 3.63) is 101 Å². The predicted octanol–water partition coefficient (Wildman–Crippen LogP) is 7.99. The van der Waals surface area contributed by atoms with Crippen molar-refractivity contribution in [3.8, 4) is 33.8 Å². The Bertz CT molecular complexity index is 1460. The van der Waals surface area contributed by atoms with Crippen LogP contribution >= 0.6 is 0 Å². The Morgan fingerprint density at radius 1 is 0.868 bits per heavy atom. The van der Waals surface area contributed by atoms with E-state index in [1.807, 2.05) is 74.6 Å². The van der Waals surface area contributed by atoms with Gasteiger partial charge in [-0.2, -0.15) is 13.2 Å². The summed E-state index contributed by atoms with van der Waals surface area (Å²) in [7, 11) is 0. The third-order valence-corrected chi connectivity index (χ3v) is 6.38. The highest BCUT2D eigenvalue weighted by molar-refractivity contribution is 5.96. The van der Waals surface area contributed by atoms with E-state index in [4.69, 9.17) is 4.74 Å². The fourth-order valence-electron chi connectivity index (χ4n) is 4.35. The number of halogens is 3. The maximum atomic E-state index is 12.7. The molecule has 0 fully saturated rings. The van der Waals surface area contributed by atoms with Gasteiger partial charge in [-0.25, -0.2) is 0 Å². The molecule has 0 aliphatic rings. The second-order valence-corrected chi connectivity index (χ2v) is 9.12. The Morgan fingerprint density at radius 3 is 2.05 bits per heavy atom. The summed E-state index contributed by atoms with van der Waals surface area (Å²) in [6.45, 7) is 6.09. The zero-order valence-corrected chi connectivity index (χ0v) is 21.3. The van der Waals surface area contributed by atoms with Gasteiger partial charge in [-0.3, -0.25) is 4.79 Å². The molecule has 0 atom stereocenters. The largest absolute Gasteiger partial charge is 0.504 e. The Labute approximate surface area is 219 Å². The first-order valence-corrected chi connectivity index (χ1v) is 12.2. The number of aryl methyl sites for hydroxylation is 3. The predicted molar refractivity (Wildman–Crippen MR) is 143 cm³/mol. The molecule has 196 valence electrons. The van der Waals surface area contributed by atoms with Crippen molar-refractivity contribution in [2.24, 2.45) is 0 Å². The monoisotopic (exact) mass is 519 g/mol. The van der Waals surface area contributed by atoms with Gasteiger partial charge in [0.25, 0.3) is 0 Å². The number of ether oxygens (including phenoxy) is 1. The van der Waals surface area contributed by atoms with E-state index in [2.05, 4.69) is 0 Å². The van der Waals surface area contributed by atoms with Crippen LogP contribution in [-0.2, 0) is 17.8 Å². The standard InChI is InChI=1S/C31H28F3NO3/c1-4-22-16-23(10-12-27(22)35-30(37)31(32,33)34)25-14-20(3)26(15-19(25)2)24-11-13-29(28(36)17-24)38-18-21-8-6-5-7-9-21/h5-17,36H,4,18H2,1-3H3,(H,35,37). The minimum atomic E-state index is -4.95. The van der Waals surface area contributed by atoms with Crippen LogP contribution in [0.1, 0.15) is 29.2 Å². The Morgan fingerprint density at radius 2 is 1.47 bits per heavy atom. The van der Waals surface area contributed by atoms with Crippen LogP contribution in [0.5, 0.6) is 11.5 Å². The molecule has 0 aromatic heterocycles. The molecular formula is C31H28F3NO3. The lowest BCUT2D eigenvalue weighted by atomic mass is 9.91. The molecule has 4 rings (SSSR count). The number of benzene rings is 4. The number of hydrogen-bond donors (Lipinski definition) is 2. The van der Waals surface area contributed by atoms with Gasteiger partial charge in [0.05, 0.1) is 0 Å². The normalized spacial score (nSPS) is 11.3. The second-order valence-electron chi connectivity index (χ2n) is 9.12. The van der Waals surface area contributed by atoms with Crippen molar-refractivity contribution in [2.45, 2.75) is 40.0 Å². The van der Waals surface area contributed by atoms with Crippen LogP contribution in [0, 0.1) is 13.8 Å². The average molecular weight is 520 g/mol. The van der Waals surface area contributed by atoms with Crippen molar-refractivity contribution in [1.82, 2.24) is 0 Å². The highest BCUT2D eigenvalue weighted by Gasteiger charge is 2.38. The van der Waals surface area contributed by atoms with Gasteiger partial charge in [0.1, 0.15) is 6.61 Å². The molecule has 4 aromatic rings. The van der Waals surface area contributed by atoms with E-state index in [1.54, 1.807) is 24.3 Å². The summed E-state index contributed by atoms with van der Waals surface area (Å²) in [5.74, 6) is -1.55. The zero-order chi connectivity index (χ0) is 27.4. The molecular weight excluding hydrogens is 491 g/mol. The highest BCUT2D eigenvalue weighted by Crippen LogP contribution is 2.37. The SMILES string of the molecule is CCc1cc(-c2cc(C)c(-c3ccc(OCc4ccccc4)c(O)c3)cc2C)ccc1NC(=O)C(F)(F)F. The maximum Gasteiger partial charge on any atom is 0.471 e. The molecule has 7 heteroatoms. The molecule has 0 heterocycles. The number of anilines is 1. The molecule has 0 saturated carbocycles. The van der Waals surface area contributed by atoms with Gasteiger partial charge in [-0.1, -0.05) is 61.5 Å². The molecule has 4 nitrogen and oxygen atoms in total. The van der Waals surface area contributed by atoms with Crippen LogP contribution in [0.4, 0.5) is 18.9 Å². The minimum absolute atomic E-state index is 0.0450. The van der Waals surface area contributed by atoms with Crippen LogP contribution < -0.4 is 10.1 Å². The van der Waals surface area contributed by atoms with E-state index in [0.717, 1.165) is 38.9 Å². The maximum absolute atomic E-state index is 12.7. The molecule has 4 aromatic carbocycles. The number of hydrogen-bond acceptors (Lipinski definition) is 3. The molecule has 2 N–H and O–H groups in total. The number of amides is 1. The number of nitrogens with one attached hydrogen (secondary N) is 1. The number of alkyl halides is 3. The summed E-state index contributed by atoms with van der Waals surface area (Å²) >= 11 is 0. The number of carbonyl (C=O) groups excluding carboxylic acids is 1. The third-order valence-electron chi connectivity index (χ3n) is 6.38. The van der Waals surface area contributed by atoms with Gasteiger partial charge < -0.3 is 15.2 Å². The van der Waals surface area contributed by atoms with Crippen molar-refractivity contribution in [3.63, 3.8) is 0 Å². The summed E-state index contributed by atoms with van der Waals surface area (Å²) in [5.41, 5.74) is 7.24. The molecule has 0 saturated heterocycles. The van der Waals surface area contributed by atoms with E-state index < -0.39 is 12.1 Å². The summed E-state index contributed by atoms with van der Waals surface area (Å²) in [6.07, 6.45) is -4.50. The molecule has 0 aliphatic heterocycles. The first-order chi connectivity index (χ1) is 18.1. The topological polar surface area (TPSA) is 58.6 Å². The van der Waals surface area contributed by atoms with Crippen LogP contribution in [0.25, 0.3) is 22.3 Å². The van der Waals surface area contributed by atoms with Crippen LogP contribution in [-0.4, -0.2) is 17.2 Å². The molecule has 0 unspecified atom stereocenters. The third kappa shape index (κ3) is 5.99. The Hall–Kier alpha value is -4.26. The Kier molecular flexibility index (Phi) is 7.76. The molecule has 0 aliphatic carbocycles. The Balaban J connectivity index is 1.58. The zero-order valence-electron chi connectivity index (χ0n) is 21.3. The number of carbonyl (C=O) groups is 1. The quantitative estimate of drug-likeness (QED) is 0.260. The molecule has 1 amide bonds. The number of phenolic OH excluding ortho intramolecular Hbond substituents is 1. The first kappa shape index (κ1) is 26.8. The van der Waals surface area contributed by atoms with Gasteiger partial charge in [0, 0.05) is 5.69 Å². The van der Waals surface area contributed by atoms with Gasteiger partial charge in [-0.05, 0) is 89.0 Å². The molecule has 38 heavy (non-hydrogen) atoms. The lowest BCUT2D eigenvalue weighted by Crippen LogP contribution is -2.30. The van der Waals surface area contributed by atoms with Gasteiger partial charge in [-0.15, -0.1) is 0 Å². The fraction of sp³-hybridized carbons (Fsp3) is 0.194. The van der Waals surface area contributed by atoms with E-state index in [1.165, 1.54) is 6.07 Å². The van der Waals surface area contributed by atoms with Crippen LogP contribution in [0.3, 0.4) is 0 Å². The van der Waals surface area contributed by atoms with Crippen LogP contribution in [0.15, 0.2) is 78.9 Å². The van der Waals surface area contributed by atoms with Crippen molar-refractivity contribution < 1.29 is 27.8 Å². The van der Waals surface area contributed by atoms with Gasteiger partial charge in [0.15, 0.2) is 11.5 Å². The second kappa shape index (κ2) is 11.0. The van der Waals surface area contributed by atoms with E-state index in [0.29, 0.717) is 24.3 Å².